The fraction of sp³-hybridized carbons (Fsp3) is 0.143. The van der Waals surface area contributed by atoms with Crippen LogP contribution in [0.15, 0.2) is 52.3 Å². The number of hydrogen-bond acceptors (Lipinski definition) is 4. The number of aryl methyl sites for hydroxylation is 1. The van der Waals surface area contributed by atoms with Crippen molar-refractivity contribution in [3.8, 4) is 0 Å². The molecule has 0 unspecified atom stereocenters. The van der Waals surface area contributed by atoms with Crippen LogP contribution in [0, 0.1) is 6.92 Å². The molecule has 2 aromatic rings. The SMILES string of the molecule is Cc1cc(Cl)ccc1NS(=O)(=O)c1ccc(S(C)(=O)=O)cc1. The second kappa shape index (κ2) is 5.91. The lowest BCUT2D eigenvalue weighted by Crippen LogP contribution is -2.14. The van der Waals surface area contributed by atoms with Gasteiger partial charge in [0.1, 0.15) is 0 Å². The molecule has 0 saturated heterocycles. The molecule has 0 aliphatic rings. The van der Waals surface area contributed by atoms with Crippen molar-refractivity contribution in [3.05, 3.63) is 53.1 Å². The summed E-state index contributed by atoms with van der Waals surface area (Å²) in [6.45, 7) is 1.73. The molecule has 0 aliphatic heterocycles. The summed E-state index contributed by atoms with van der Waals surface area (Å²) in [7, 11) is -7.16. The van der Waals surface area contributed by atoms with E-state index < -0.39 is 19.9 Å². The molecule has 0 bridgehead atoms. The molecule has 0 radical (unpaired) electrons. The molecule has 0 spiro atoms. The van der Waals surface area contributed by atoms with Crippen molar-refractivity contribution >= 4 is 37.1 Å². The summed E-state index contributed by atoms with van der Waals surface area (Å²) in [5, 5.41) is 0.512. The first-order valence-corrected chi connectivity index (χ1v) is 9.94. The molecule has 1 N–H and O–H groups in total. The van der Waals surface area contributed by atoms with E-state index in [2.05, 4.69) is 4.72 Å². The van der Waals surface area contributed by atoms with Crippen LogP contribution in [0.1, 0.15) is 5.56 Å². The first kappa shape index (κ1) is 16.8. The van der Waals surface area contributed by atoms with Gasteiger partial charge < -0.3 is 0 Å². The van der Waals surface area contributed by atoms with E-state index in [1.165, 1.54) is 24.3 Å². The molecule has 22 heavy (non-hydrogen) atoms. The van der Waals surface area contributed by atoms with E-state index in [1.807, 2.05) is 0 Å². The van der Waals surface area contributed by atoms with Crippen LogP contribution < -0.4 is 4.72 Å². The number of sulfonamides is 1. The molecule has 0 amide bonds. The molecule has 2 rings (SSSR count). The summed E-state index contributed by atoms with van der Waals surface area (Å²) in [6, 6.07) is 9.83. The van der Waals surface area contributed by atoms with Gasteiger partial charge in [-0.05, 0) is 55.0 Å². The molecule has 0 fully saturated rings. The number of nitrogens with one attached hydrogen (secondary N) is 1. The molecule has 5 nitrogen and oxygen atoms in total. The van der Waals surface area contributed by atoms with E-state index >= 15 is 0 Å². The Morgan fingerprint density at radius 3 is 1.95 bits per heavy atom. The summed E-state index contributed by atoms with van der Waals surface area (Å²) < 4.78 is 49.8. The summed E-state index contributed by atoms with van der Waals surface area (Å²) >= 11 is 5.83. The number of halogens is 1. The van der Waals surface area contributed by atoms with Crippen molar-refractivity contribution in [2.45, 2.75) is 16.7 Å². The topological polar surface area (TPSA) is 80.3 Å². The Labute approximate surface area is 134 Å². The van der Waals surface area contributed by atoms with Crippen molar-refractivity contribution in [2.24, 2.45) is 0 Å². The summed E-state index contributed by atoms with van der Waals surface area (Å²) in [6.07, 6.45) is 1.06. The van der Waals surface area contributed by atoms with E-state index in [1.54, 1.807) is 25.1 Å². The van der Waals surface area contributed by atoms with Gasteiger partial charge in [-0.1, -0.05) is 11.6 Å². The van der Waals surface area contributed by atoms with Gasteiger partial charge in [-0.15, -0.1) is 0 Å². The molecule has 0 saturated carbocycles. The summed E-state index contributed by atoms with van der Waals surface area (Å²) in [5.41, 5.74) is 1.10. The predicted molar refractivity (Wildman–Crippen MR) is 86.5 cm³/mol. The quantitative estimate of drug-likeness (QED) is 0.910. The number of rotatable bonds is 4. The van der Waals surface area contributed by atoms with Crippen LogP contribution in [0.25, 0.3) is 0 Å². The molecule has 0 heterocycles. The maximum absolute atomic E-state index is 12.3. The fourth-order valence-electron chi connectivity index (χ4n) is 1.81. The molecule has 0 aromatic heterocycles. The molecule has 0 atom stereocenters. The standard InChI is InChI=1S/C14H14ClNO4S2/c1-10-9-11(15)3-8-14(10)16-22(19,20)13-6-4-12(5-7-13)21(2,17)18/h3-9,16H,1-2H3. The molecule has 118 valence electrons. The van der Waals surface area contributed by atoms with Gasteiger partial charge >= 0.3 is 0 Å². The van der Waals surface area contributed by atoms with Crippen molar-refractivity contribution in [1.29, 1.82) is 0 Å². The van der Waals surface area contributed by atoms with Crippen molar-refractivity contribution in [1.82, 2.24) is 0 Å². The minimum Gasteiger partial charge on any atom is -0.279 e. The van der Waals surface area contributed by atoms with Crippen LogP contribution in [0.4, 0.5) is 5.69 Å². The number of sulfone groups is 1. The van der Waals surface area contributed by atoms with Crippen molar-refractivity contribution < 1.29 is 16.8 Å². The second-order valence-corrected chi connectivity index (χ2v) is 8.94. The maximum Gasteiger partial charge on any atom is 0.261 e. The zero-order valence-electron chi connectivity index (χ0n) is 11.9. The Balaban J connectivity index is 2.34. The third kappa shape index (κ3) is 3.79. The normalized spacial score (nSPS) is 12.1. The van der Waals surface area contributed by atoms with Gasteiger partial charge in [0, 0.05) is 11.3 Å². The number of benzene rings is 2. The first-order chi connectivity index (χ1) is 10.1. The Hall–Kier alpha value is -1.57. The van der Waals surface area contributed by atoms with E-state index in [0.717, 1.165) is 6.26 Å². The van der Waals surface area contributed by atoms with Crippen LogP contribution in [-0.2, 0) is 19.9 Å². The summed E-state index contributed by atoms with van der Waals surface area (Å²) in [4.78, 5) is 0.0448. The highest BCUT2D eigenvalue weighted by molar-refractivity contribution is 7.92. The third-order valence-corrected chi connectivity index (χ3v) is 5.74. The van der Waals surface area contributed by atoms with Gasteiger partial charge in [0.25, 0.3) is 10.0 Å². The lowest BCUT2D eigenvalue weighted by Gasteiger charge is -2.11. The smallest absolute Gasteiger partial charge is 0.261 e. The van der Waals surface area contributed by atoms with Crippen LogP contribution in [0.5, 0.6) is 0 Å². The average molecular weight is 360 g/mol. The Morgan fingerprint density at radius 1 is 0.909 bits per heavy atom. The van der Waals surface area contributed by atoms with Crippen LogP contribution >= 0.6 is 11.6 Å². The minimum atomic E-state index is -3.80. The highest BCUT2D eigenvalue weighted by atomic mass is 35.5. The van der Waals surface area contributed by atoms with E-state index in [0.29, 0.717) is 16.3 Å². The monoisotopic (exact) mass is 359 g/mol. The lowest BCUT2D eigenvalue weighted by molar-refractivity contribution is 0.597. The molecular formula is C14H14ClNO4S2. The Kier molecular flexibility index (Phi) is 4.51. The predicted octanol–water partition coefficient (Wildman–Crippen LogP) is 2.85. The van der Waals surface area contributed by atoms with Gasteiger partial charge in [0.2, 0.25) is 0 Å². The molecule has 2 aromatic carbocycles. The highest BCUT2D eigenvalue weighted by Crippen LogP contribution is 2.23. The van der Waals surface area contributed by atoms with Gasteiger partial charge in [-0.2, -0.15) is 0 Å². The second-order valence-electron chi connectivity index (χ2n) is 4.81. The zero-order chi connectivity index (χ0) is 16.5. The van der Waals surface area contributed by atoms with E-state index in [4.69, 9.17) is 11.6 Å². The minimum absolute atomic E-state index is 0.0192. The van der Waals surface area contributed by atoms with Crippen molar-refractivity contribution in [2.75, 3.05) is 11.0 Å². The van der Waals surface area contributed by atoms with Gasteiger partial charge in [-0.25, -0.2) is 16.8 Å². The molecular weight excluding hydrogens is 346 g/mol. The van der Waals surface area contributed by atoms with Crippen molar-refractivity contribution in [3.63, 3.8) is 0 Å². The van der Waals surface area contributed by atoms with Gasteiger partial charge in [0.05, 0.1) is 15.5 Å². The molecule has 8 heteroatoms. The van der Waals surface area contributed by atoms with Crippen LogP contribution in [0.3, 0.4) is 0 Å². The van der Waals surface area contributed by atoms with Gasteiger partial charge in [0.15, 0.2) is 9.84 Å². The Bertz CT molecular complexity index is 904. The summed E-state index contributed by atoms with van der Waals surface area (Å²) in [5.74, 6) is 0. The fourth-order valence-corrected chi connectivity index (χ4v) is 3.80. The maximum atomic E-state index is 12.3. The lowest BCUT2D eigenvalue weighted by atomic mass is 10.2. The highest BCUT2D eigenvalue weighted by Gasteiger charge is 2.16. The van der Waals surface area contributed by atoms with Crippen LogP contribution in [-0.4, -0.2) is 23.1 Å². The zero-order valence-corrected chi connectivity index (χ0v) is 14.3. The Morgan fingerprint density at radius 2 is 1.45 bits per heavy atom. The van der Waals surface area contributed by atoms with E-state index in [-0.39, 0.29) is 9.79 Å². The van der Waals surface area contributed by atoms with Gasteiger partial charge in [-0.3, -0.25) is 4.72 Å². The number of hydrogen-bond donors (Lipinski definition) is 1. The number of anilines is 1. The largest absolute Gasteiger partial charge is 0.279 e. The van der Waals surface area contributed by atoms with E-state index in [9.17, 15) is 16.8 Å². The third-order valence-electron chi connectivity index (χ3n) is 2.99. The average Bonchev–Trinajstić information content (AvgIpc) is 2.41. The van der Waals surface area contributed by atoms with Crippen LogP contribution in [0.2, 0.25) is 5.02 Å². The first-order valence-electron chi connectivity index (χ1n) is 6.19. The molecule has 0 aliphatic carbocycles.